The molecule has 0 fully saturated rings. The Morgan fingerprint density at radius 3 is 2.41 bits per heavy atom. The van der Waals surface area contributed by atoms with Gasteiger partial charge < -0.3 is 20.1 Å². The number of aryl methyl sites for hydroxylation is 1. The summed E-state index contributed by atoms with van der Waals surface area (Å²) < 4.78 is 40.5. The van der Waals surface area contributed by atoms with E-state index in [-0.39, 0.29) is 23.4 Å². The van der Waals surface area contributed by atoms with E-state index in [2.05, 4.69) is 5.32 Å². The Labute approximate surface area is 202 Å². The molecule has 3 rings (SSSR count). The number of phenols is 1. The molecule has 1 heterocycles. The third kappa shape index (κ3) is 5.48. The lowest BCUT2D eigenvalue weighted by molar-refractivity contribution is -0.138. The molecule has 0 aliphatic rings. The Kier molecular flexibility index (Phi) is 7.48. The molecule has 0 aliphatic carbocycles. The van der Waals surface area contributed by atoms with Crippen LogP contribution in [-0.2, 0) is 19.6 Å². The molecule has 0 spiro atoms. The molecule has 3 aromatic rings. The molecule has 1 amide bonds. The predicted octanol–water partition coefficient (Wildman–Crippen LogP) is 5.15. The van der Waals surface area contributed by atoms with Crippen molar-refractivity contribution in [3.8, 4) is 22.8 Å². The number of halogens is 5. The molecule has 34 heavy (non-hydrogen) atoms. The van der Waals surface area contributed by atoms with Gasteiger partial charge in [0.2, 0.25) is 0 Å². The summed E-state index contributed by atoms with van der Waals surface area (Å²) in [6.07, 6.45) is -3.75. The van der Waals surface area contributed by atoms with E-state index in [0.717, 1.165) is 22.3 Å². The summed E-state index contributed by atoms with van der Waals surface area (Å²) in [6.45, 7) is 0.195. The summed E-state index contributed by atoms with van der Waals surface area (Å²) in [5.41, 5.74) is -1.85. The van der Waals surface area contributed by atoms with Crippen molar-refractivity contribution in [1.82, 2.24) is 9.88 Å². The Balaban J connectivity index is 1.82. The van der Waals surface area contributed by atoms with Crippen LogP contribution in [0.1, 0.15) is 27.9 Å². The van der Waals surface area contributed by atoms with Gasteiger partial charge in [-0.25, -0.2) is 0 Å². The number of benzene rings is 2. The van der Waals surface area contributed by atoms with E-state index < -0.39 is 34.7 Å². The third-order valence-electron chi connectivity index (χ3n) is 5.16. The monoisotopic (exact) mass is 514 g/mol. The van der Waals surface area contributed by atoms with Gasteiger partial charge in [-0.05, 0) is 60.4 Å². The second-order valence-corrected chi connectivity index (χ2v) is 8.31. The van der Waals surface area contributed by atoms with Crippen molar-refractivity contribution in [3.63, 3.8) is 0 Å². The molecule has 3 N–H and O–H groups in total. The smallest absolute Gasteiger partial charge is 0.419 e. The van der Waals surface area contributed by atoms with Crippen molar-refractivity contribution in [1.29, 1.82) is 0 Å². The second kappa shape index (κ2) is 9.99. The number of phenolic OH excluding ortho intramolecular Hbond substituents is 1. The SMILES string of the molecule is Cn1c(-c2ccc(O)c(C(F)(F)F)c2)cc(C(=O)NCCCc2ccc(Cl)c(Cl)c2)c(O)c1=O. The normalized spacial score (nSPS) is 11.5. The van der Waals surface area contributed by atoms with Gasteiger partial charge in [0.05, 0.1) is 26.9 Å². The molecule has 2 aromatic carbocycles. The first kappa shape index (κ1) is 25.5. The predicted molar refractivity (Wildman–Crippen MR) is 123 cm³/mol. The van der Waals surface area contributed by atoms with E-state index in [9.17, 15) is 33.0 Å². The van der Waals surface area contributed by atoms with Gasteiger partial charge in [-0.2, -0.15) is 13.2 Å². The Morgan fingerprint density at radius 1 is 1.06 bits per heavy atom. The molecular weight excluding hydrogens is 496 g/mol. The second-order valence-electron chi connectivity index (χ2n) is 7.49. The van der Waals surface area contributed by atoms with Crippen molar-refractivity contribution in [2.24, 2.45) is 7.05 Å². The zero-order chi connectivity index (χ0) is 25.2. The molecule has 0 saturated heterocycles. The van der Waals surface area contributed by atoms with Crippen molar-refractivity contribution in [2.45, 2.75) is 19.0 Å². The highest BCUT2D eigenvalue weighted by molar-refractivity contribution is 6.42. The van der Waals surface area contributed by atoms with Gasteiger partial charge in [-0.1, -0.05) is 29.3 Å². The van der Waals surface area contributed by atoms with Gasteiger partial charge in [-0.15, -0.1) is 0 Å². The maximum absolute atomic E-state index is 13.2. The molecule has 0 radical (unpaired) electrons. The molecule has 11 heteroatoms. The van der Waals surface area contributed by atoms with Crippen LogP contribution in [-0.4, -0.2) is 27.2 Å². The van der Waals surface area contributed by atoms with Crippen LogP contribution >= 0.6 is 23.2 Å². The fourth-order valence-corrected chi connectivity index (χ4v) is 3.66. The molecular formula is C23H19Cl2F3N2O4. The number of hydrogen-bond donors (Lipinski definition) is 3. The Morgan fingerprint density at radius 2 is 1.76 bits per heavy atom. The zero-order valence-corrected chi connectivity index (χ0v) is 19.2. The standard InChI is InChI=1S/C23H19Cl2F3N2O4/c1-30-18(13-5-7-19(31)15(10-13)23(26,27)28)11-14(20(32)22(30)34)21(33)29-8-2-3-12-4-6-16(24)17(25)9-12/h4-7,9-11,31-32H,2-3,8H2,1H3,(H,29,33). The molecule has 6 nitrogen and oxygen atoms in total. The van der Waals surface area contributed by atoms with E-state index in [1.165, 1.54) is 13.1 Å². The Bertz CT molecular complexity index is 1310. The van der Waals surface area contributed by atoms with E-state index in [1.54, 1.807) is 18.2 Å². The average Bonchev–Trinajstić information content (AvgIpc) is 2.77. The fourth-order valence-electron chi connectivity index (χ4n) is 3.34. The molecule has 0 unspecified atom stereocenters. The van der Waals surface area contributed by atoms with Crippen LogP contribution in [0, 0.1) is 0 Å². The minimum absolute atomic E-state index is 0.0470. The van der Waals surface area contributed by atoms with Crippen LogP contribution < -0.4 is 10.9 Å². The number of aromatic nitrogens is 1. The largest absolute Gasteiger partial charge is 0.507 e. The van der Waals surface area contributed by atoms with E-state index in [4.69, 9.17) is 23.2 Å². The number of carbonyl (C=O) groups excluding carboxylic acids is 1. The Hall–Kier alpha value is -3.17. The summed E-state index contributed by atoms with van der Waals surface area (Å²) in [6, 6.07) is 8.97. The van der Waals surface area contributed by atoms with Gasteiger partial charge in [0.25, 0.3) is 11.5 Å². The third-order valence-corrected chi connectivity index (χ3v) is 5.90. The molecule has 0 atom stereocenters. The van der Waals surface area contributed by atoms with Gasteiger partial charge in [-0.3, -0.25) is 9.59 Å². The lowest BCUT2D eigenvalue weighted by Crippen LogP contribution is -2.28. The van der Waals surface area contributed by atoms with Crippen LogP contribution in [0.25, 0.3) is 11.3 Å². The lowest BCUT2D eigenvalue weighted by Gasteiger charge is -2.15. The quantitative estimate of drug-likeness (QED) is 0.396. The van der Waals surface area contributed by atoms with Crippen LogP contribution in [0.2, 0.25) is 10.0 Å². The number of hydrogen-bond acceptors (Lipinski definition) is 4. The minimum atomic E-state index is -4.83. The number of rotatable bonds is 6. The van der Waals surface area contributed by atoms with Crippen LogP contribution in [0.4, 0.5) is 13.2 Å². The summed E-state index contributed by atoms with van der Waals surface area (Å²) in [7, 11) is 1.25. The van der Waals surface area contributed by atoms with Gasteiger partial charge in [0.1, 0.15) is 5.75 Å². The number of aromatic hydroxyl groups is 2. The number of nitrogens with zero attached hydrogens (tertiary/aromatic N) is 1. The number of carbonyl (C=O) groups is 1. The highest BCUT2D eigenvalue weighted by atomic mass is 35.5. The van der Waals surface area contributed by atoms with E-state index in [0.29, 0.717) is 29.0 Å². The number of alkyl halides is 3. The number of pyridine rings is 1. The number of amides is 1. The molecule has 1 aromatic heterocycles. The van der Waals surface area contributed by atoms with Crippen molar-refractivity contribution in [2.75, 3.05) is 6.54 Å². The van der Waals surface area contributed by atoms with Gasteiger partial charge in [0.15, 0.2) is 5.75 Å². The first-order valence-corrected chi connectivity index (χ1v) is 10.7. The van der Waals surface area contributed by atoms with Crippen LogP contribution in [0.5, 0.6) is 11.5 Å². The topological polar surface area (TPSA) is 91.6 Å². The summed E-state index contributed by atoms with van der Waals surface area (Å²) in [4.78, 5) is 25.1. The highest BCUT2D eigenvalue weighted by Gasteiger charge is 2.34. The van der Waals surface area contributed by atoms with E-state index >= 15 is 0 Å². The van der Waals surface area contributed by atoms with Crippen LogP contribution in [0.3, 0.4) is 0 Å². The lowest BCUT2D eigenvalue weighted by atomic mass is 10.0. The molecule has 0 bridgehead atoms. The first-order chi connectivity index (χ1) is 15.9. The van der Waals surface area contributed by atoms with Crippen molar-refractivity contribution in [3.05, 3.63) is 79.6 Å². The molecule has 0 aliphatic heterocycles. The van der Waals surface area contributed by atoms with E-state index in [1.807, 2.05) is 0 Å². The summed E-state index contributed by atoms with van der Waals surface area (Å²) in [5, 5.41) is 23.2. The maximum Gasteiger partial charge on any atom is 0.419 e. The molecule has 180 valence electrons. The highest BCUT2D eigenvalue weighted by Crippen LogP contribution is 2.38. The first-order valence-electron chi connectivity index (χ1n) is 9.96. The molecule has 0 saturated carbocycles. The number of nitrogens with one attached hydrogen (secondary N) is 1. The zero-order valence-electron chi connectivity index (χ0n) is 17.7. The van der Waals surface area contributed by atoms with Crippen LogP contribution in [0.15, 0.2) is 47.3 Å². The maximum atomic E-state index is 13.2. The minimum Gasteiger partial charge on any atom is -0.507 e. The summed E-state index contributed by atoms with van der Waals surface area (Å²) >= 11 is 11.9. The van der Waals surface area contributed by atoms with Gasteiger partial charge >= 0.3 is 6.18 Å². The van der Waals surface area contributed by atoms with Crippen molar-refractivity contribution < 1.29 is 28.2 Å². The average molecular weight is 515 g/mol. The summed E-state index contributed by atoms with van der Waals surface area (Å²) in [5.74, 6) is -2.57. The van der Waals surface area contributed by atoms with Gasteiger partial charge in [0, 0.05) is 13.6 Å². The van der Waals surface area contributed by atoms with Crippen molar-refractivity contribution >= 4 is 29.1 Å². The fraction of sp³-hybridized carbons (Fsp3) is 0.217.